The van der Waals surface area contributed by atoms with Gasteiger partial charge in [-0.3, -0.25) is 0 Å². The minimum atomic E-state index is -0.412. The molecule has 0 unspecified atom stereocenters. The fourth-order valence-corrected chi connectivity index (χ4v) is 4.08. The Labute approximate surface area is 141 Å². The van der Waals surface area contributed by atoms with Crippen LogP contribution in [0.15, 0.2) is 24.3 Å². The molecular weight excluding hydrogens is 346 g/mol. The summed E-state index contributed by atoms with van der Waals surface area (Å²) in [5.74, 6) is 1.68. The third-order valence-electron chi connectivity index (χ3n) is 5.15. The molecule has 4 nitrogen and oxygen atoms in total. The second-order valence-corrected chi connectivity index (χ2v) is 6.43. The molecule has 0 saturated heterocycles. The largest absolute Gasteiger partial charge is 0.493 e. The molecule has 2 heterocycles. The van der Waals surface area contributed by atoms with Gasteiger partial charge in [-0.15, -0.1) is 17.0 Å². The Bertz CT molecular complexity index is 618. The first-order chi connectivity index (χ1) is 10.1. The number of hydrogen-bond donors (Lipinski definition) is 1. The lowest BCUT2D eigenvalue weighted by molar-refractivity contribution is 0.0821. The van der Waals surface area contributed by atoms with Crippen LogP contribution in [0.2, 0.25) is 0 Å². The van der Waals surface area contributed by atoms with Crippen LogP contribution < -0.4 is 9.47 Å². The molecule has 0 saturated carbocycles. The predicted molar refractivity (Wildman–Crippen MR) is 90.1 cm³/mol. The monoisotopic (exact) mass is 367 g/mol. The van der Waals surface area contributed by atoms with Crippen molar-refractivity contribution in [1.82, 2.24) is 4.90 Å². The standard InChI is InChI=1S/C17H21NO3.BrH/c1-18-8-7-17-6-5-12(19)9-14(17)21-16-13(20-2)4-3-11(10-18)15(16)17;/h3-6,12,14,19H,7-10H2,1-2H3;1H/t12-,14-,17+;/m0./s1. The minimum absolute atomic E-state index is 0. The van der Waals surface area contributed by atoms with Crippen LogP contribution in [0.1, 0.15) is 24.0 Å². The van der Waals surface area contributed by atoms with Gasteiger partial charge in [0.1, 0.15) is 6.10 Å². The van der Waals surface area contributed by atoms with Crippen LogP contribution in [-0.4, -0.2) is 42.9 Å². The van der Waals surface area contributed by atoms with E-state index < -0.39 is 6.10 Å². The third-order valence-corrected chi connectivity index (χ3v) is 5.15. The third kappa shape index (κ3) is 2.10. The van der Waals surface area contributed by atoms with Crippen molar-refractivity contribution in [1.29, 1.82) is 0 Å². The average Bonchev–Trinajstić information content (AvgIpc) is 2.72. The molecule has 0 fully saturated rings. The molecule has 0 radical (unpaired) electrons. The van der Waals surface area contributed by atoms with Crippen molar-refractivity contribution in [3.63, 3.8) is 0 Å². The van der Waals surface area contributed by atoms with E-state index in [9.17, 15) is 5.11 Å². The van der Waals surface area contributed by atoms with Crippen molar-refractivity contribution >= 4 is 17.0 Å². The number of nitrogens with zero attached hydrogens (tertiary/aromatic N) is 1. The summed E-state index contributed by atoms with van der Waals surface area (Å²) < 4.78 is 11.8. The number of methoxy groups -OCH3 is 1. The Hall–Kier alpha value is -1.04. The minimum Gasteiger partial charge on any atom is -0.493 e. The van der Waals surface area contributed by atoms with Crippen LogP contribution in [0.5, 0.6) is 11.5 Å². The Morgan fingerprint density at radius 2 is 2.23 bits per heavy atom. The second-order valence-electron chi connectivity index (χ2n) is 6.43. The van der Waals surface area contributed by atoms with Gasteiger partial charge < -0.3 is 19.5 Å². The smallest absolute Gasteiger partial charge is 0.166 e. The van der Waals surface area contributed by atoms with Gasteiger partial charge in [0.15, 0.2) is 11.5 Å². The van der Waals surface area contributed by atoms with E-state index in [4.69, 9.17) is 9.47 Å². The number of benzene rings is 1. The van der Waals surface area contributed by atoms with Crippen LogP contribution in [0.3, 0.4) is 0 Å². The average molecular weight is 368 g/mol. The summed E-state index contributed by atoms with van der Waals surface area (Å²) in [5, 5.41) is 9.97. The Kier molecular flexibility index (Phi) is 4.00. The zero-order chi connectivity index (χ0) is 14.6. The molecule has 1 aliphatic carbocycles. The summed E-state index contributed by atoms with van der Waals surface area (Å²) in [4.78, 5) is 2.35. The lowest BCUT2D eigenvalue weighted by Gasteiger charge is -2.35. The van der Waals surface area contributed by atoms with E-state index in [1.165, 1.54) is 11.1 Å². The van der Waals surface area contributed by atoms with Crippen LogP contribution in [0, 0.1) is 0 Å². The first kappa shape index (κ1) is 15.8. The van der Waals surface area contributed by atoms with E-state index >= 15 is 0 Å². The first-order valence-corrected chi connectivity index (χ1v) is 7.57. The maximum atomic E-state index is 9.97. The van der Waals surface area contributed by atoms with Gasteiger partial charge in [0, 0.05) is 18.5 Å². The maximum absolute atomic E-state index is 9.97. The van der Waals surface area contributed by atoms with Crippen molar-refractivity contribution in [2.24, 2.45) is 0 Å². The van der Waals surface area contributed by atoms with Gasteiger partial charge in [0.05, 0.1) is 18.6 Å². The molecule has 0 amide bonds. The number of halogens is 1. The molecular formula is C17H22BrNO3. The molecule has 22 heavy (non-hydrogen) atoms. The molecule has 5 heteroatoms. The zero-order valence-corrected chi connectivity index (χ0v) is 14.6. The molecule has 3 atom stereocenters. The van der Waals surface area contributed by atoms with Gasteiger partial charge in [-0.2, -0.15) is 0 Å². The van der Waals surface area contributed by atoms with Gasteiger partial charge in [-0.25, -0.2) is 0 Å². The summed E-state index contributed by atoms with van der Waals surface area (Å²) in [6, 6.07) is 4.16. The molecule has 120 valence electrons. The topological polar surface area (TPSA) is 41.9 Å². The van der Waals surface area contributed by atoms with E-state index in [-0.39, 0.29) is 28.5 Å². The van der Waals surface area contributed by atoms with Gasteiger partial charge >= 0.3 is 0 Å². The van der Waals surface area contributed by atoms with E-state index in [1.807, 2.05) is 12.1 Å². The van der Waals surface area contributed by atoms with Crippen molar-refractivity contribution in [3.8, 4) is 11.5 Å². The van der Waals surface area contributed by atoms with Gasteiger partial charge in [0.25, 0.3) is 0 Å². The maximum Gasteiger partial charge on any atom is 0.166 e. The lowest BCUT2D eigenvalue weighted by atomic mass is 9.69. The van der Waals surface area contributed by atoms with Crippen molar-refractivity contribution in [3.05, 3.63) is 35.4 Å². The predicted octanol–water partition coefficient (Wildman–Crippen LogP) is 2.43. The summed E-state index contributed by atoms with van der Waals surface area (Å²) in [6.07, 6.45) is 5.38. The summed E-state index contributed by atoms with van der Waals surface area (Å²) in [7, 11) is 3.84. The molecule has 1 aromatic carbocycles. The summed E-state index contributed by atoms with van der Waals surface area (Å²) in [6.45, 7) is 1.96. The Balaban J connectivity index is 0.00000144. The SMILES string of the molecule is Br.COc1ccc2c3c1O[C@H]1C[C@@H](O)C=C[C@]31CCN(C)C2. The van der Waals surface area contributed by atoms with Crippen molar-refractivity contribution in [2.75, 3.05) is 20.7 Å². The van der Waals surface area contributed by atoms with Crippen LogP contribution in [-0.2, 0) is 12.0 Å². The van der Waals surface area contributed by atoms with Crippen LogP contribution in [0.4, 0.5) is 0 Å². The zero-order valence-electron chi connectivity index (χ0n) is 12.9. The van der Waals surface area contributed by atoms with Gasteiger partial charge in [-0.05, 0) is 31.6 Å². The van der Waals surface area contributed by atoms with Crippen LogP contribution >= 0.6 is 17.0 Å². The normalized spacial score (nSPS) is 32.3. The number of aliphatic hydroxyl groups excluding tert-OH is 1. The number of aliphatic hydroxyl groups is 1. The lowest BCUT2D eigenvalue weighted by Crippen LogP contribution is -2.42. The first-order valence-electron chi connectivity index (χ1n) is 7.57. The van der Waals surface area contributed by atoms with Crippen LogP contribution in [0.25, 0.3) is 0 Å². The molecule has 0 bridgehead atoms. The van der Waals surface area contributed by atoms with E-state index in [0.29, 0.717) is 6.42 Å². The quantitative estimate of drug-likeness (QED) is 0.774. The highest BCUT2D eigenvalue weighted by Crippen LogP contribution is 2.55. The van der Waals surface area contributed by atoms with Gasteiger partial charge in [0.2, 0.25) is 0 Å². The molecule has 1 aromatic rings. The second kappa shape index (κ2) is 5.55. The molecule has 0 aromatic heterocycles. The number of hydrogen-bond acceptors (Lipinski definition) is 4. The van der Waals surface area contributed by atoms with E-state index in [1.54, 1.807) is 7.11 Å². The fraction of sp³-hybridized carbons (Fsp3) is 0.529. The highest BCUT2D eigenvalue weighted by molar-refractivity contribution is 8.93. The number of rotatable bonds is 1. The molecule has 2 aliphatic heterocycles. The van der Waals surface area contributed by atoms with Crippen molar-refractivity contribution in [2.45, 2.75) is 37.0 Å². The molecule has 1 N–H and O–H groups in total. The highest BCUT2D eigenvalue weighted by atomic mass is 79.9. The molecule has 4 rings (SSSR count). The fourth-order valence-electron chi connectivity index (χ4n) is 4.08. The Morgan fingerprint density at radius 1 is 1.41 bits per heavy atom. The number of ether oxygens (including phenoxy) is 2. The summed E-state index contributed by atoms with van der Waals surface area (Å²) in [5.41, 5.74) is 2.48. The van der Waals surface area contributed by atoms with Crippen molar-refractivity contribution < 1.29 is 14.6 Å². The Morgan fingerprint density at radius 3 is 3.00 bits per heavy atom. The van der Waals surface area contributed by atoms with Gasteiger partial charge in [-0.1, -0.05) is 18.2 Å². The molecule has 3 aliphatic rings. The van der Waals surface area contributed by atoms with E-state index in [2.05, 4.69) is 24.1 Å². The van der Waals surface area contributed by atoms with E-state index in [0.717, 1.165) is 31.0 Å². The highest BCUT2D eigenvalue weighted by Gasteiger charge is 2.52. The molecule has 1 spiro atoms. The summed E-state index contributed by atoms with van der Waals surface area (Å²) >= 11 is 0.